The SMILES string of the molecule is CC(C)NCOC(=O)c1cccc(C(=O)O)c1. The number of nitrogens with one attached hydrogen (secondary N) is 1. The number of hydrogen-bond donors (Lipinski definition) is 2. The Hall–Kier alpha value is -1.88. The van der Waals surface area contributed by atoms with E-state index in [1.165, 1.54) is 24.3 Å². The van der Waals surface area contributed by atoms with Gasteiger partial charge in [0.15, 0.2) is 0 Å². The molecule has 0 amide bonds. The zero-order valence-electron chi connectivity index (χ0n) is 9.77. The third-order valence-corrected chi connectivity index (χ3v) is 2.04. The number of carboxylic acid groups (broad SMARTS) is 1. The summed E-state index contributed by atoms with van der Waals surface area (Å²) in [5.74, 6) is -1.61. The molecule has 0 spiro atoms. The second-order valence-corrected chi connectivity index (χ2v) is 3.82. The number of esters is 1. The first-order chi connectivity index (χ1) is 8.00. The van der Waals surface area contributed by atoms with E-state index < -0.39 is 11.9 Å². The van der Waals surface area contributed by atoms with E-state index in [4.69, 9.17) is 9.84 Å². The van der Waals surface area contributed by atoms with Gasteiger partial charge >= 0.3 is 11.9 Å². The lowest BCUT2D eigenvalue weighted by Gasteiger charge is -2.09. The van der Waals surface area contributed by atoms with E-state index in [0.717, 1.165) is 0 Å². The van der Waals surface area contributed by atoms with Crippen LogP contribution < -0.4 is 5.32 Å². The molecule has 1 rings (SSSR count). The molecule has 0 unspecified atom stereocenters. The fourth-order valence-corrected chi connectivity index (χ4v) is 1.14. The van der Waals surface area contributed by atoms with E-state index in [0.29, 0.717) is 0 Å². The maximum atomic E-state index is 11.5. The molecule has 5 nitrogen and oxygen atoms in total. The van der Waals surface area contributed by atoms with Crippen molar-refractivity contribution in [1.29, 1.82) is 0 Å². The smallest absolute Gasteiger partial charge is 0.339 e. The van der Waals surface area contributed by atoms with Gasteiger partial charge in [0.2, 0.25) is 0 Å². The van der Waals surface area contributed by atoms with Crippen LogP contribution >= 0.6 is 0 Å². The van der Waals surface area contributed by atoms with Crippen molar-refractivity contribution < 1.29 is 19.4 Å². The highest BCUT2D eigenvalue weighted by Crippen LogP contribution is 2.06. The van der Waals surface area contributed by atoms with Gasteiger partial charge in [0, 0.05) is 6.04 Å². The maximum Gasteiger partial charge on any atom is 0.339 e. The van der Waals surface area contributed by atoms with Crippen molar-refractivity contribution in [3.05, 3.63) is 35.4 Å². The fraction of sp³-hybridized carbons (Fsp3) is 0.333. The minimum Gasteiger partial charge on any atom is -0.478 e. The Morgan fingerprint density at radius 1 is 1.35 bits per heavy atom. The number of hydrogen-bond acceptors (Lipinski definition) is 4. The van der Waals surface area contributed by atoms with Crippen LogP contribution in [0, 0.1) is 0 Å². The normalized spacial score (nSPS) is 10.3. The van der Waals surface area contributed by atoms with Gasteiger partial charge in [-0.2, -0.15) is 0 Å². The molecule has 0 aliphatic rings. The predicted octanol–water partition coefficient (Wildman–Crippen LogP) is 1.50. The number of aromatic carboxylic acids is 1. The summed E-state index contributed by atoms with van der Waals surface area (Å²) in [5.41, 5.74) is 0.298. The summed E-state index contributed by atoms with van der Waals surface area (Å²) in [4.78, 5) is 22.3. The van der Waals surface area contributed by atoms with E-state index in [2.05, 4.69) is 5.32 Å². The summed E-state index contributed by atoms with van der Waals surface area (Å²) in [6, 6.07) is 5.96. The molecule has 0 saturated carbocycles. The molecule has 2 N–H and O–H groups in total. The topological polar surface area (TPSA) is 75.6 Å². The highest BCUT2D eigenvalue weighted by molar-refractivity contribution is 5.94. The molecule has 0 fully saturated rings. The number of carbonyl (C=O) groups excluding carboxylic acids is 1. The molecule has 0 aliphatic carbocycles. The van der Waals surface area contributed by atoms with E-state index in [-0.39, 0.29) is 23.9 Å². The van der Waals surface area contributed by atoms with Crippen LogP contribution in [0.2, 0.25) is 0 Å². The molecular formula is C12H15NO4. The van der Waals surface area contributed by atoms with Crippen LogP contribution in [-0.2, 0) is 4.74 Å². The molecule has 0 aliphatic heterocycles. The van der Waals surface area contributed by atoms with Gasteiger partial charge in [0.1, 0.15) is 6.73 Å². The second-order valence-electron chi connectivity index (χ2n) is 3.82. The Kier molecular flexibility index (Phi) is 4.66. The molecule has 0 heterocycles. The largest absolute Gasteiger partial charge is 0.478 e. The number of carboxylic acids is 1. The van der Waals surface area contributed by atoms with E-state index in [1.54, 1.807) is 0 Å². The Balaban J connectivity index is 2.63. The van der Waals surface area contributed by atoms with Crippen LogP contribution in [0.1, 0.15) is 34.6 Å². The highest BCUT2D eigenvalue weighted by Gasteiger charge is 2.10. The van der Waals surface area contributed by atoms with Crippen LogP contribution in [0.15, 0.2) is 24.3 Å². The zero-order chi connectivity index (χ0) is 12.8. The molecule has 0 saturated heterocycles. The molecule has 0 aromatic heterocycles. The van der Waals surface area contributed by atoms with E-state index >= 15 is 0 Å². The lowest BCUT2D eigenvalue weighted by molar-refractivity contribution is 0.0463. The summed E-state index contributed by atoms with van der Waals surface area (Å²) in [5, 5.41) is 11.7. The van der Waals surface area contributed by atoms with Gasteiger partial charge in [-0.25, -0.2) is 9.59 Å². The molecule has 1 aromatic rings. The minimum atomic E-state index is -1.07. The average molecular weight is 237 g/mol. The minimum absolute atomic E-state index is 0.0660. The fourth-order valence-electron chi connectivity index (χ4n) is 1.14. The van der Waals surface area contributed by atoms with Crippen molar-refractivity contribution in [2.45, 2.75) is 19.9 Å². The Morgan fingerprint density at radius 2 is 2.00 bits per heavy atom. The predicted molar refractivity (Wildman–Crippen MR) is 62.0 cm³/mol. The van der Waals surface area contributed by atoms with Crippen LogP contribution in [0.5, 0.6) is 0 Å². The molecule has 1 aromatic carbocycles. The van der Waals surface area contributed by atoms with Gasteiger partial charge in [0.05, 0.1) is 11.1 Å². The molecule has 17 heavy (non-hydrogen) atoms. The summed E-state index contributed by atoms with van der Waals surface area (Å²) in [6.45, 7) is 3.96. The number of carbonyl (C=O) groups is 2. The first-order valence-electron chi connectivity index (χ1n) is 5.24. The average Bonchev–Trinajstić information content (AvgIpc) is 2.28. The maximum absolute atomic E-state index is 11.5. The monoisotopic (exact) mass is 237 g/mol. The zero-order valence-corrected chi connectivity index (χ0v) is 9.77. The third-order valence-electron chi connectivity index (χ3n) is 2.04. The molecule has 0 radical (unpaired) electrons. The summed E-state index contributed by atoms with van der Waals surface area (Å²) >= 11 is 0. The lowest BCUT2D eigenvalue weighted by Crippen LogP contribution is -2.27. The molecule has 0 atom stereocenters. The van der Waals surface area contributed by atoms with Crippen molar-refractivity contribution in [1.82, 2.24) is 5.32 Å². The van der Waals surface area contributed by atoms with Gasteiger partial charge in [-0.3, -0.25) is 5.32 Å². The summed E-state index contributed by atoms with van der Waals surface area (Å²) in [7, 11) is 0. The molecule has 92 valence electrons. The lowest BCUT2D eigenvalue weighted by atomic mass is 10.1. The third kappa shape index (κ3) is 4.24. The second kappa shape index (κ2) is 6.00. The standard InChI is InChI=1S/C12H15NO4/c1-8(2)13-7-17-12(16)10-5-3-4-9(6-10)11(14)15/h3-6,8,13H,7H2,1-2H3,(H,14,15). The Labute approximate surface area is 99.4 Å². The molecular weight excluding hydrogens is 222 g/mol. The van der Waals surface area contributed by atoms with E-state index in [1.807, 2.05) is 13.8 Å². The number of ether oxygens (including phenoxy) is 1. The first kappa shape index (κ1) is 13.2. The quantitative estimate of drug-likeness (QED) is 0.599. The van der Waals surface area contributed by atoms with Crippen LogP contribution in [0.25, 0.3) is 0 Å². The Bertz CT molecular complexity index is 415. The van der Waals surface area contributed by atoms with Gasteiger partial charge in [-0.1, -0.05) is 6.07 Å². The molecule has 0 bridgehead atoms. The van der Waals surface area contributed by atoms with Crippen molar-refractivity contribution in [2.24, 2.45) is 0 Å². The van der Waals surface area contributed by atoms with Crippen molar-refractivity contribution >= 4 is 11.9 Å². The Morgan fingerprint density at radius 3 is 2.59 bits per heavy atom. The number of rotatable bonds is 5. The van der Waals surface area contributed by atoms with Crippen LogP contribution in [0.4, 0.5) is 0 Å². The van der Waals surface area contributed by atoms with Gasteiger partial charge in [0.25, 0.3) is 0 Å². The van der Waals surface area contributed by atoms with Crippen molar-refractivity contribution in [3.63, 3.8) is 0 Å². The van der Waals surface area contributed by atoms with E-state index in [9.17, 15) is 9.59 Å². The van der Waals surface area contributed by atoms with Crippen LogP contribution in [-0.4, -0.2) is 29.8 Å². The first-order valence-corrected chi connectivity index (χ1v) is 5.24. The van der Waals surface area contributed by atoms with Gasteiger partial charge in [-0.05, 0) is 32.0 Å². The highest BCUT2D eigenvalue weighted by atomic mass is 16.5. The van der Waals surface area contributed by atoms with Gasteiger partial charge in [-0.15, -0.1) is 0 Å². The van der Waals surface area contributed by atoms with Gasteiger partial charge < -0.3 is 9.84 Å². The number of benzene rings is 1. The van der Waals surface area contributed by atoms with Crippen molar-refractivity contribution in [2.75, 3.05) is 6.73 Å². The van der Waals surface area contributed by atoms with Crippen LogP contribution in [0.3, 0.4) is 0 Å². The van der Waals surface area contributed by atoms with Crippen molar-refractivity contribution in [3.8, 4) is 0 Å². The molecule has 5 heteroatoms. The summed E-state index contributed by atoms with van der Waals surface area (Å²) < 4.78 is 4.93. The summed E-state index contributed by atoms with van der Waals surface area (Å²) in [6.07, 6.45) is 0.